The lowest BCUT2D eigenvalue weighted by Crippen LogP contribution is -2.12. The van der Waals surface area contributed by atoms with Crippen LogP contribution in [0.2, 0.25) is 0 Å². The minimum absolute atomic E-state index is 0.146. The Kier molecular flexibility index (Phi) is 8.01. The molecule has 112 valence electrons. The molecule has 0 heterocycles. The zero-order valence-electron chi connectivity index (χ0n) is 13.3. The second-order valence-electron chi connectivity index (χ2n) is 5.67. The molecule has 0 radical (unpaired) electrons. The van der Waals surface area contributed by atoms with Gasteiger partial charge in [-0.05, 0) is 37.5 Å². The number of rotatable bonds is 9. The predicted molar refractivity (Wildman–Crippen MR) is 87.2 cm³/mol. The molecule has 2 heteroatoms. The van der Waals surface area contributed by atoms with Crippen LogP contribution in [0.5, 0.6) is 0 Å². The molecule has 0 unspecified atom stereocenters. The molecule has 0 fully saturated rings. The minimum Gasteiger partial charge on any atom is -0.326 e. The van der Waals surface area contributed by atoms with Crippen LogP contribution in [-0.2, 0) is 4.79 Å². The van der Waals surface area contributed by atoms with Crippen molar-refractivity contribution < 1.29 is 4.79 Å². The topological polar surface area (TPSA) is 29.1 Å². The molecule has 0 aliphatic rings. The predicted octanol–water partition coefficient (Wildman–Crippen LogP) is 5.38. The maximum atomic E-state index is 11.9. The van der Waals surface area contributed by atoms with Crippen molar-refractivity contribution in [2.45, 2.75) is 72.1 Å². The summed E-state index contributed by atoms with van der Waals surface area (Å²) in [5.41, 5.74) is 3.34. The van der Waals surface area contributed by atoms with Crippen molar-refractivity contribution in [2.24, 2.45) is 0 Å². The molecule has 0 bridgehead atoms. The van der Waals surface area contributed by atoms with Gasteiger partial charge in [0.15, 0.2) is 0 Å². The third kappa shape index (κ3) is 6.23. The molecule has 0 spiro atoms. The average molecular weight is 275 g/mol. The standard InChI is InChI=1S/C18H29NO/c1-4-5-6-7-8-9-10-14-18(20)19-17-13-11-12-15(2)16(17)3/h11-13H,4-10,14H2,1-3H3,(H,19,20). The molecule has 1 aromatic carbocycles. The summed E-state index contributed by atoms with van der Waals surface area (Å²) in [5.74, 6) is 0.146. The van der Waals surface area contributed by atoms with Crippen LogP contribution in [0.4, 0.5) is 5.69 Å². The van der Waals surface area contributed by atoms with Gasteiger partial charge in [0, 0.05) is 12.1 Å². The van der Waals surface area contributed by atoms with Crippen molar-refractivity contribution in [3.63, 3.8) is 0 Å². The van der Waals surface area contributed by atoms with E-state index in [0.29, 0.717) is 6.42 Å². The van der Waals surface area contributed by atoms with Gasteiger partial charge in [-0.25, -0.2) is 0 Å². The van der Waals surface area contributed by atoms with E-state index in [0.717, 1.165) is 12.1 Å². The van der Waals surface area contributed by atoms with Gasteiger partial charge in [0.1, 0.15) is 0 Å². The van der Waals surface area contributed by atoms with Crippen LogP contribution in [0, 0.1) is 13.8 Å². The fourth-order valence-electron chi connectivity index (χ4n) is 2.34. The van der Waals surface area contributed by atoms with Crippen molar-refractivity contribution in [2.75, 3.05) is 5.32 Å². The molecule has 2 nitrogen and oxygen atoms in total. The highest BCUT2D eigenvalue weighted by Crippen LogP contribution is 2.18. The number of aryl methyl sites for hydroxylation is 1. The van der Waals surface area contributed by atoms with E-state index in [1.807, 2.05) is 12.1 Å². The highest BCUT2D eigenvalue weighted by atomic mass is 16.1. The Morgan fingerprint density at radius 2 is 1.65 bits per heavy atom. The summed E-state index contributed by atoms with van der Waals surface area (Å²) in [6.07, 6.45) is 9.35. The molecule has 0 atom stereocenters. The highest BCUT2D eigenvalue weighted by Gasteiger charge is 2.05. The van der Waals surface area contributed by atoms with Crippen molar-refractivity contribution in [1.29, 1.82) is 0 Å². The van der Waals surface area contributed by atoms with Crippen molar-refractivity contribution in [3.05, 3.63) is 29.3 Å². The summed E-state index contributed by atoms with van der Waals surface area (Å²) in [4.78, 5) is 11.9. The normalized spacial score (nSPS) is 10.6. The zero-order chi connectivity index (χ0) is 14.8. The molecule has 0 aromatic heterocycles. The van der Waals surface area contributed by atoms with E-state index in [1.165, 1.54) is 49.7 Å². The molecule has 20 heavy (non-hydrogen) atoms. The number of hydrogen-bond acceptors (Lipinski definition) is 1. The number of nitrogens with one attached hydrogen (secondary N) is 1. The lowest BCUT2D eigenvalue weighted by molar-refractivity contribution is -0.116. The monoisotopic (exact) mass is 275 g/mol. The lowest BCUT2D eigenvalue weighted by atomic mass is 10.1. The number of benzene rings is 1. The molecule has 0 aliphatic carbocycles. The molecule has 0 saturated carbocycles. The van der Waals surface area contributed by atoms with Gasteiger partial charge < -0.3 is 5.32 Å². The van der Waals surface area contributed by atoms with Gasteiger partial charge in [-0.1, -0.05) is 57.6 Å². The van der Waals surface area contributed by atoms with Gasteiger partial charge in [0.25, 0.3) is 0 Å². The van der Waals surface area contributed by atoms with E-state index in [2.05, 4.69) is 32.2 Å². The van der Waals surface area contributed by atoms with Gasteiger partial charge in [-0.3, -0.25) is 4.79 Å². The molecule has 1 amide bonds. The smallest absolute Gasteiger partial charge is 0.224 e. The van der Waals surface area contributed by atoms with Crippen molar-refractivity contribution >= 4 is 11.6 Å². The summed E-state index contributed by atoms with van der Waals surface area (Å²) < 4.78 is 0. The van der Waals surface area contributed by atoms with Gasteiger partial charge in [-0.2, -0.15) is 0 Å². The Morgan fingerprint density at radius 1 is 1.00 bits per heavy atom. The Morgan fingerprint density at radius 3 is 2.35 bits per heavy atom. The molecular formula is C18H29NO. The summed E-state index contributed by atoms with van der Waals surface area (Å²) in [6, 6.07) is 6.04. The van der Waals surface area contributed by atoms with Crippen LogP contribution in [-0.4, -0.2) is 5.91 Å². The maximum absolute atomic E-state index is 11.9. The maximum Gasteiger partial charge on any atom is 0.224 e. The van der Waals surface area contributed by atoms with E-state index in [4.69, 9.17) is 0 Å². The van der Waals surface area contributed by atoms with Crippen molar-refractivity contribution in [1.82, 2.24) is 0 Å². The summed E-state index contributed by atoms with van der Waals surface area (Å²) >= 11 is 0. The number of amides is 1. The average Bonchev–Trinajstić information content (AvgIpc) is 2.43. The van der Waals surface area contributed by atoms with Gasteiger partial charge in [0.2, 0.25) is 5.91 Å². The van der Waals surface area contributed by atoms with Gasteiger partial charge in [0.05, 0.1) is 0 Å². The molecule has 0 saturated heterocycles. The van der Waals surface area contributed by atoms with Gasteiger partial charge in [-0.15, -0.1) is 0 Å². The fraction of sp³-hybridized carbons (Fsp3) is 0.611. The SMILES string of the molecule is CCCCCCCCCC(=O)Nc1cccc(C)c1C. The Bertz CT molecular complexity index is 412. The number of anilines is 1. The summed E-state index contributed by atoms with van der Waals surface area (Å²) in [5, 5.41) is 3.02. The second-order valence-corrected chi connectivity index (χ2v) is 5.67. The Labute approximate surface area is 124 Å². The van der Waals surface area contributed by atoms with E-state index in [1.54, 1.807) is 0 Å². The van der Waals surface area contributed by atoms with Crippen LogP contribution < -0.4 is 5.32 Å². The first-order valence-corrected chi connectivity index (χ1v) is 8.01. The molecule has 0 aliphatic heterocycles. The first kappa shape index (κ1) is 16.7. The first-order chi connectivity index (χ1) is 9.65. The van der Waals surface area contributed by atoms with Crippen LogP contribution in [0.1, 0.15) is 69.4 Å². The molecule has 1 N–H and O–H groups in total. The van der Waals surface area contributed by atoms with Crippen LogP contribution in [0.25, 0.3) is 0 Å². The van der Waals surface area contributed by atoms with E-state index in [-0.39, 0.29) is 5.91 Å². The van der Waals surface area contributed by atoms with Crippen LogP contribution in [0.15, 0.2) is 18.2 Å². The van der Waals surface area contributed by atoms with Crippen molar-refractivity contribution in [3.8, 4) is 0 Å². The van der Waals surface area contributed by atoms with Gasteiger partial charge >= 0.3 is 0 Å². The summed E-state index contributed by atoms with van der Waals surface area (Å²) in [7, 11) is 0. The first-order valence-electron chi connectivity index (χ1n) is 8.01. The number of carbonyl (C=O) groups excluding carboxylic acids is 1. The number of hydrogen-bond donors (Lipinski definition) is 1. The van der Waals surface area contributed by atoms with E-state index >= 15 is 0 Å². The third-order valence-corrected chi connectivity index (χ3v) is 3.89. The number of unbranched alkanes of at least 4 members (excludes halogenated alkanes) is 6. The molecular weight excluding hydrogens is 246 g/mol. The third-order valence-electron chi connectivity index (χ3n) is 3.89. The molecule has 1 rings (SSSR count). The quantitative estimate of drug-likeness (QED) is 0.602. The Hall–Kier alpha value is -1.31. The zero-order valence-corrected chi connectivity index (χ0v) is 13.3. The molecule has 1 aromatic rings. The number of carbonyl (C=O) groups is 1. The van der Waals surface area contributed by atoms with E-state index < -0.39 is 0 Å². The largest absolute Gasteiger partial charge is 0.326 e. The Balaban J connectivity index is 2.19. The van der Waals surface area contributed by atoms with Crippen LogP contribution >= 0.6 is 0 Å². The lowest BCUT2D eigenvalue weighted by Gasteiger charge is -2.10. The second kappa shape index (κ2) is 9.57. The fourth-order valence-corrected chi connectivity index (χ4v) is 2.34. The summed E-state index contributed by atoms with van der Waals surface area (Å²) in [6.45, 7) is 6.36. The highest BCUT2D eigenvalue weighted by molar-refractivity contribution is 5.91. The van der Waals surface area contributed by atoms with Crippen LogP contribution in [0.3, 0.4) is 0 Å². The van der Waals surface area contributed by atoms with E-state index in [9.17, 15) is 4.79 Å². The minimum atomic E-state index is 0.146.